The van der Waals surface area contributed by atoms with Gasteiger partial charge in [0.15, 0.2) is 0 Å². The molecule has 0 saturated heterocycles. The van der Waals surface area contributed by atoms with E-state index >= 15 is 0 Å². The van der Waals surface area contributed by atoms with E-state index in [1.807, 2.05) is 24.3 Å². The summed E-state index contributed by atoms with van der Waals surface area (Å²) >= 11 is 5.98. The maximum Gasteiger partial charge on any atom is 0.341 e. The number of carboxylic acid groups (broad SMARTS) is 1. The lowest BCUT2D eigenvalue weighted by Gasteiger charge is -2.12. The minimum Gasteiger partial charge on any atom is -0.477 e. The Morgan fingerprint density at radius 3 is 2.59 bits per heavy atom. The Labute approximate surface area is 157 Å². The Bertz CT molecular complexity index is 1200. The Hall–Kier alpha value is -3.52. The highest BCUT2D eigenvalue weighted by atomic mass is 35.5. The molecule has 27 heavy (non-hydrogen) atoms. The van der Waals surface area contributed by atoms with Crippen molar-refractivity contribution >= 4 is 28.6 Å². The summed E-state index contributed by atoms with van der Waals surface area (Å²) in [6, 6.07) is 10.3. The topological polar surface area (TPSA) is 103 Å². The van der Waals surface area contributed by atoms with Crippen LogP contribution in [0.25, 0.3) is 16.7 Å². The fraction of sp³-hybridized carbons (Fsp3) is 0.0556. The molecule has 0 amide bonds. The van der Waals surface area contributed by atoms with Gasteiger partial charge in [-0.1, -0.05) is 23.7 Å². The number of hydrogen-bond donors (Lipinski definition) is 1. The first-order chi connectivity index (χ1) is 13.0. The molecule has 1 N–H and O–H groups in total. The molecule has 0 saturated carbocycles. The molecule has 0 bridgehead atoms. The monoisotopic (exact) mass is 381 g/mol. The first-order valence-corrected chi connectivity index (χ1v) is 8.27. The second kappa shape index (κ2) is 6.65. The summed E-state index contributed by atoms with van der Waals surface area (Å²) in [6.07, 6.45) is 4.35. The number of aromatic carboxylic acids is 1. The zero-order chi connectivity index (χ0) is 19.0. The largest absolute Gasteiger partial charge is 0.477 e. The Morgan fingerprint density at radius 1 is 1.15 bits per heavy atom. The normalized spacial score (nSPS) is 11.0. The molecular formula is C18H12ClN5O3. The lowest BCUT2D eigenvalue weighted by Crippen LogP contribution is -2.19. The average molecular weight is 382 g/mol. The van der Waals surface area contributed by atoms with Crippen LogP contribution in [0.5, 0.6) is 0 Å². The van der Waals surface area contributed by atoms with Crippen LogP contribution in [0.15, 0.2) is 60.0 Å². The summed E-state index contributed by atoms with van der Waals surface area (Å²) in [5.41, 5.74) is 0.999. The summed E-state index contributed by atoms with van der Waals surface area (Å²) in [6.45, 7) is 0.551. The van der Waals surface area contributed by atoms with E-state index < -0.39 is 11.4 Å². The van der Waals surface area contributed by atoms with Crippen molar-refractivity contribution in [3.05, 3.63) is 81.8 Å². The van der Waals surface area contributed by atoms with E-state index in [2.05, 4.69) is 15.1 Å². The van der Waals surface area contributed by atoms with Crippen molar-refractivity contribution in [1.29, 1.82) is 0 Å². The summed E-state index contributed by atoms with van der Waals surface area (Å²) < 4.78 is 3.24. The van der Waals surface area contributed by atoms with Gasteiger partial charge >= 0.3 is 5.97 Å². The fourth-order valence-electron chi connectivity index (χ4n) is 2.79. The van der Waals surface area contributed by atoms with Crippen LogP contribution in [-0.4, -0.2) is 35.4 Å². The summed E-state index contributed by atoms with van der Waals surface area (Å²) in [5, 5.41) is 13.8. The summed E-state index contributed by atoms with van der Waals surface area (Å²) in [5.74, 6) is -1.30. The number of hydrogen-bond acceptors (Lipinski definition) is 5. The maximum absolute atomic E-state index is 12.4. The van der Waals surface area contributed by atoms with Crippen LogP contribution < -0.4 is 5.43 Å². The molecule has 8 nitrogen and oxygen atoms in total. The van der Waals surface area contributed by atoms with E-state index in [9.17, 15) is 14.7 Å². The van der Waals surface area contributed by atoms with Gasteiger partial charge in [-0.05, 0) is 29.8 Å². The molecule has 134 valence electrons. The smallest absolute Gasteiger partial charge is 0.341 e. The van der Waals surface area contributed by atoms with Gasteiger partial charge in [-0.15, -0.1) is 0 Å². The minimum atomic E-state index is -1.30. The molecule has 0 aliphatic carbocycles. The molecule has 0 aliphatic rings. The standard InChI is InChI=1S/C18H12ClN5O3/c19-15-6-5-13-16(25)14(18(26)27)8-24(17(13)22-15)12-3-1-11(2-4-12)7-23-10-20-9-21-23/h1-6,8-10H,7H2,(H,26,27). The quantitative estimate of drug-likeness (QED) is 0.544. The number of nitrogens with zero attached hydrogens (tertiary/aromatic N) is 5. The molecule has 4 aromatic rings. The molecule has 4 rings (SSSR count). The van der Waals surface area contributed by atoms with Crippen molar-refractivity contribution in [3.63, 3.8) is 0 Å². The highest BCUT2D eigenvalue weighted by Gasteiger charge is 2.16. The molecular weight excluding hydrogens is 370 g/mol. The van der Waals surface area contributed by atoms with E-state index in [-0.39, 0.29) is 16.1 Å². The Morgan fingerprint density at radius 2 is 1.93 bits per heavy atom. The van der Waals surface area contributed by atoms with Crippen molar-refractivity contribution in [2.45, 2.75) is 6.54 Å². The van der Waals surface area contributed by atoms with Crippen LogP contribution in [-0.2, 0) is 6.54 Å². The molecule has 0 unspecified atom stereocenters. The van der Waals surface area contributed by atoms with Crippen molar-refractivity contribution < 1.29 is 9.90 Å². The van der Waals surface area contributed by atoms with Gasteiger partial charge in [0.2, 0.25) is 5.43 Å². The molecule has 3 heterocycles. The molecule has 1 aromatic carbocycles. The van der Waals surface area contributed by atoms with Crippen molar-refractivity contribution in [2.75, 3.05) is 0 Å². The summed E-state index contributed by atoms with van der Waals surface area (Å²) in [4.78, 5) is 32.0. The SMILES string of the molecule is O=C(O)c1cn(-c2ccc(Cn3cncn3)cc2)c2nc(Cl)ccc2c1=O. The lowest BCUT2D eigenvalue weighted by molar-refractivity contribution is 0.0695. The molecule has 0 aliphatic heterocycles. The maximum atomic E-state index is 12.4. The zero-order valence-corrected chi connectivity index (χ0v) is 14.5. The second-order valence-electron chi connectivity index (χ2n) is 5.81. The van der Waals surface area contributed by atoms with E-state index in [1.165, 1.54) is 24.7 Å². The predicted molar refractivity (Wildman–Crippen MR) is 98.4 cm³/mol. The molecule has 0 radical (unpaired) electrons. The number of aromatic nitrogens is 5. The molecule has 0 fully saturated rings. The van der Waals surface area contributed by atoms with Crippen LogP contribution in [0.2, 0.25) is 5.15 Å². The fourth-order valence-corrected chi connectivity index (χ4v) is 2.94. The first kappa shape index (κ1) is 16.9. The zero-order valence-electron chi connectivity index (χ0n) is 13.8. The number of carboxylic acids is 1. The molecule has 0 spiro atoms. The van der Waals surface area contributed by atoms with Gasteiger partial charge in [0.25, 0.3) is 0 Å². The Balaban J connectivity index is 1.85. The van der Waals surface area contributed by atoms with Crippen LogP contribution in [0, 0.1) is 0 Å². The van der Waals surface area contributed by atoms with Gasteiger partial charge in [0.1, 0.15) is 29.0 Å². The lowest BCUT2D eigenvalue weighted by atomic mass is 10.1. The number of halogens is 1. The van der Waals surface area contributed by atoms with Gasteiger partial charge in [-0.3, -0.25) is 4.79 Å². The van der Waals surface area contributed by atoms with Gasteiger partial charge in [-0.2, -0.15) is 5.10 Å². The van der Waals surface area contributed by atoms with Gasteiger partial charge < -0.3 is 9.67 Å². The number of pyridine rings is 2. The third-order valence-electron chi connectivity index (χ3n) is 4.07. The van der Waals surface area contributed by atoms with Crippen LogP contribution >= 0.6 is 11.6 Å². The number of fused-ring (bicyclic) bond motifs is 1. The molecule has 9 heteroatoms. The van der Waals surface area contributed by atoms with Gasteiger partial charge in [-0.25, -0.2) is 19.4 Å². The van der Waals surface area contributed by atoms with Crippen LogP contribution in [0.1, 0.15) is 15.9 Å². The van der Waals surface area contributed by atoms with Crippen LogP contribution in [0.4, 0.5) is 0 Å². The third kappa shape index (κ3) is 3.18. The highest BCUT2D eigenvalue weighted by molar-refractivity contribution is 6.29. The predicted octanol–water partition coefficient (Wildman–Crippen LogP) is 2.38. The minimum absolute atomic E-state index is 0.186. The number of rotatable bonds is 4. The number of benzene rings is 1. The summed E-state index contributed by atoms with van der Waals surface area (Å²) in [7, 11) is 0. The first-order valence-electron chi connectivity index (χ1n) is 7.90. The third-order valence-corrected chi connectivity index (χ3v) is 4.28. The molecule has 0 atom stereocenters. The van der Waals surface area contributed by atoms with Gasteiger partial charge in [0.05, 0.1) is 11.9 Å². The van der Waals surface area contributed by atoms with Crippen molar-refractivity contribution in [1.82, 2.24) is 24.3 Å². The average Bonchev–Trinajstić information content (AvgIpc) is 3.15. The number of carbonyl (C=O) groups is 1. The van der Waals surface area contributed by atoms with E-state index in [1.54, 1.807) is 15.6 Å². The van der Waals surface area contributed by atoms with Gasteiger partial charge in [0, 0.05) is 11.9 Å². The van der Waals surface area contributed by atoms with E-state index in [0.29, 0.717) is 17.9 Å². The van der Waals surface area contributed by atoms with Crippen LogP contribution in [0.3, 0.4) is 0 Å². The van der Waals surface area contributed by atoms with Crippen molar-refractivity contribution in [2.24, 2.45) is 0 Å². The van der Waals surface area contributed by atoms with Crippen molar-refractivity contribution in [3.8, 4) is 5.69 Å². The van der Waals surface area contributed by atoms with E-state index in [0.717, 1.165) is 5.56 Å². The Kier molecular flexibility index (Phi) is 4.17. The second-order valence-corrected chi connectivity index (χ2v) is 6.20. The molecule has 3 aromatic heterocycles. The highest BCUT2D eigenvalue weighted by Crippen LogP contribution is 2.19. The van der Waals surface area contributed by atoms with E-state index in [4.69, 9.17) is 11.6 Å².